The normalized spacial score (nSPS) is 11.1. The van der Waals surface area contributed by atoms with Gasteiger partial charge in [-0.1, -0.05) is 18.2 Å². The average Bonchev–Trinajstić information content (AvgIpc) is 2.79. The summed E-state index contributed by atoms with van der Waals surface area (Å²) in [5.74, 6) is 0.636. The number of methoxy groups -OCH3 is 2. The predicted molar refractivity (Wildman–Crippen MR) is 131 cm³/mol. The Labute approximate surface area is 195 Å². The van der Waals surface area contributed by atoms with Gasteiger partial charge < -0.3 is 14.8 Å². The Bertz CT molecular complexity index is 1250. The molecular formula is C25H28N2O5S. The van der Waals surface area contributed by atoms with Gasteiger partial charge in [0.2, 0.25) is 10.0 Å². The van der Waals surface area contributed by atoms with Gasteiger partial charge in [0.1, 0.15) is 11.5 Å². The van der Waals surface area contributed by atoms with Crippen molar-refractivity contribution < 1.29 is 22.7 Å². The summed E-state index contributed by atoms with van der Waals surface area (Å²) < 4.78 is 36.8. The molecule has 8 heteroatoms. The van der Waals surface area contributed by atoms with Crippen LogP contribution in [0.4, 0.5) is 11.4 Å². The molecule has 0 aliphatic heterocycles. The first-order valence-corrected chi connectivity index (χ1v) is 12.1. The molecule has 3 rings (SSSR count). The summed E-state index contributed by atoms with van der Waals surface area (Å²) in [6, 6.07) is 17.6. The number of anilines is 2. The molecule has 0 saturated heterocycles. The molecule has 0 spiro atoms. The molecule has 3 aromatic rings. The molecule has 1 N–H and O–H groups in total. The van der Waals surface area contributed by atoms with Gasteiger partial charge in [-0.2, -0.15) is 0 Å². The highest BCUT2D eigenvalue weighted by atomic mass is 32.2. The van der Waals surface area contributed by atoms with Gasteiger partial charge in [0.25, 0.3) is 5.91 Å². The Kier molecular flexibility index (Phi) is 7.28. The van der Waals surface area contributed by atoms with Crippen LogP contribution in [0.15, 0.2) is 60.7 Å². The molecule has 0 aliphatic carbocycles. The summed E-state index contributed by atoms with van der Waals surface area (Å²) in [7, 11) is -0.463. The lowest BCUT2D eigenvalue weighted by atomic mass is 10.1. The Morgan fingerprint density at radius 3 is 2.18 bits per heavy atom. The number of carbonyl (C=O) groups excluding carboxylic acids is 1. The Balaban J connectivity index is 1.79. The lowest BCUT2D eigenvalue weighted by Gasteiger charge is -2.23. The molecule has 0 fully saturated rings. The quantitative estimate of drug-likeness (QED) is 0.525. The molecule has 0 aromatic heterocycles. The summed E-state index contributed by atoms with van der Waals surface area (Å²) >= 11 is 0. The van der Waals surface area contributed by atoms with Crippen molar-refractivity contribution in [3.05, 3.63) is 82.9 Å². The number of benzene rings is 3. The van der Waals surface area contributed by atoms with E-state index in [1.165, 1.54) is 24.8 Å². The number of carbonyl (C=O) groups is 1. The van der Waals surface area contributed by atoms with Crippen LogP contribution in [0.25, 0.3) is 0 Å². The number of aryl methyl sites for hydroxylation is 2. The summed E-state index contributed by atoms with van der Waals surface area (Å²) in [6.45, 7) is 4.12. The Morgan fingerprint density at radius 1 is 0.909 bits per heavy atom. The lowest BCUT2D eigenvalue weighted by Crippen LogP contribution is -2.29. The fourth-order valence-corrected chi connectivity index (χ4v) is 4.21. The highest BCUT2D eigenvalue weighted by molar-refractivity contribution is 7.92. The van der Waals surface area contributed by atoms with E-state index in [0.717, 1.165) is 16.7 Å². The number of rotatable bonds is 8. The van der Waals surface area contributed by atoms with Crippen molar-refractivity contribution in [3.8, 4) is 11.5 Å². The van der Waals surface area contributed by atoms with Crippen LogP contribution in [0.2, 0.25) is 0 Å². The first kappa shape index (κ1) is 24.1. The zero-order valence-corrected chi connectivity index (χ0v) is 20.2. The summed E-state index contributed by atoms with van der Waals surface area (Å²) in [6.07, 6.45) is 1.19. The van der Waals surface area contributed by atoms with Crippen molar-refractivity contribution in [1.29, 1.82) is 0 Å². The maximum absolute atomic E-state index is 12.8. The number of amides is 1. The molecular weight excluding hydrogens is 440 g/mol. The average molecular weight is 469 g/mol. The maximum Gasteiger partial charge on any atom is 0.259 e. The fraction of sp³-hybridized carbons (Fsp3) is 0.240. The number of hydrogen-bond acceptors (Lipinski definition) is 5. The van der Waals surface area contributed by atoms with Crippen molar-refractivity contribution in [1.82, 2.24) is 0 Å². The molecule has 0 radical (unpaired) electrons. The highest BCUT2D eigenvalue weighted by Crippen LogP contribution is 2.26. The third kappa shape index (κ3) is 5.84. The van der Waals surface area contributed by atoms with E-state index in [1.54, 1.807) is 48.5 Å². The van der Waals surface area contributed by atoms with Gasteiger partial charge in [0.05, 0.1) is 38.3 Å². The van der Waals surface area contributed by atoms with Crippen molar-refractivity contribution in [2.24, 2.45) is 0 Å². The number of hydrogen-bond donors (Lipinski definition) is 1. The smallest absolute Gasteiger partial charge is 0.259 e. The first-order chi connectivity index (χ1) is 15.6. The van der Waals surface area contributed by atoms with Crippen molar-refractivity contribution >= 4 is 27.3 Å². The summed E-state index contributed by atoms with van der Waals surface area (Å²) in [5, 5.41) is 2.83. The van der Waals surface area contributed by atoms with Gasteiger partial charge in [-0.15, -0.1) is 0 Å². The van der Waals surface area contributed by atoms with Gasteiger partial charge in [0.15, 0.2) is 0 Å². The van der Waals surface area contributed by atoms with Crippen LogP contribution in [0.1, 0.15) is 27.0 Å². The summed E-state index contributed by atoms with van der Waals surface area (Å²) in [5.41, 5.74) is 4.44. The molecule has 0 atom stereocenters. The van der Waals surface area contributed by atoms with E-state index in [4.69, 9.17) is 9.47 Å². The predicted octanol–water partition coefficient (Wildman–Crippen LogP) is 4.54. The second-order valence-electron chi connectivity index (χ2n) is 7.76. The third-order valence-corrected chi connectivity index (χ3v) is 6.51. The molecule has 7 nitrogen and oxygen atoms in total. The number of nitrogens with zero attached hydrogens (tertiary/aromatic N) is 1. The van der Waals surface area contributed by atoms with E-state index >= 15 is 0 Å². The number of nitrogens with one attached hydrogen (secondary N) is 1. The van der Waals surface area contributed by atoms with Gasteiger partial charge in [-0.3, -0.25) is 9.10 Å². The number of ether oxygens (including phenoxy) is 2. The molecule has 0 unspecified atom stereocenters. The van der Waals surface area contributed by atoms with Crippen molar-refractivity contribution in [2.75, 3.05) is 30.1 Å². The first-order valence-electron chi connectivity index (χ1n) is 10.3. The van der Waals surface area contributed by atoms with Crippen LogP contribution in [-0.4, -0.2) is 34.8 Å². The van der Waals surface area contributed by atoms with E-state index in [-0.39, 0.29) is 12.5 Å². The molecule has 0 saturated carbocycles. The fourth-order valence-electron chi connectivity index (χ4n) is 3.33. The SMILES string of the molecule is COc1ccc(OC)c(C(=O)Nc2ccc(CN(c3ccc(C)c(C)c3)S(C)(=O)=O)cc2)c1. The summed E-state index contributed by atoms with van der Waals surface area (Å²) in [4.78, 5) is 12.8. The minimum absolute atomic E-state index is 0.180. The monoisotopic (exact) mass is 468 g/mol. The van der Waals surface area contributed by atoms with Gasteiger partial charge in [-0.25, -0.2) is 8.42 Å². The van der Waals surface area contributed by atoms with Crippen LogP contribution in [0, 0.1) is 13.8 Å². The van der Waals surface area contributed by atoms with Crippen LogP contribution in [0.3, 0.4) is 0 Å². The van der Waals surface area contributed by atoms with Gasteiger partial charge in [0, 0.05) is 5.69 Å². The molecule has 0 heterocycles. The van der Waals surface area contributed by atoms with E-state index < -0.39 is 10.0 Å². The topological polar surface area (TPSA) is 84.9 Å². The second kappa shape index (κ2) is 9.95. The third-order valence-electron chi connectivity index (χ3n) is 5.37. The van der Waals surface area contributed by atoms with Crippen LogP contribution < -0.4 is 19.1 Å². The Morgan fingerprint density at radius 2 is 1.61 bits per heavy atom. The molecule has 0 aliphatic rings. The van der Waals surface area contributed by atoms with Crippen molar-refractivity contribution in [3.63, 3.8) is 0 Å². The standard InChI is InChI=1S/C25H28N2O5S/c1-17-6-11-21(14-18(17)2)27(33(5,29)30)16-19-7-9-20(10-8-19)26-25(28)23-15-22(31-3)12-13-24(23)32-4/h6-15H,16H2,1-5H3,(H,26,28). The van der Waals surface area contributed by atoms with Gasteiger partial charge in [-0.05, 0) is 73.0 Å². The van der Waals surface area contributed by atoms with E-state index in [0.29, 0.717) is 28.4 Å². The second-order valence-corrected chi connectivity index (χ2v) is 9.66. The van der Waals surface area contributed by atoms with Crippen LogP contribution in [-0.2, 0) is 16.6 Å². The lowest BCUT2D eigenvalue weighted by molar-refractivity contribution is 0.102. The minimum Gasteiger partial charge on any atom is -0.497 e. The number of sulfonamides is 1. The van der Waals surface area contributed by atoms with E-state index in [2.05, 4.69) is 5.32 Å². The van der Waals surface area contributed by atoms with Crippen LogP contribution >= 0.6 is 0 Å². The molecule has 0 bridgehead atoms. The molecule has 33 heavy (non-hydrogen) atoms. The maximum atomic E-state index is 12.8. The Hall–Kier alpha value is -3.52. The van der Waals surface area contributed by atoms with Crippen LogP contribution in [0.5, 0.6) is 11.5 Å². The van der Waals surface area contributed by atoms with Gasteiger partial charge >= 0.3 is 0 Å². The molecule has 1 amide bonds. The highest BCUT2D eigenvalue weighted by Gasteiger charge is 2.19. The zero-order chi connectivity index (χ0) is 24.2. The zero-order valence-electron chi connectivity index (χ0n) is 19.4. The van der Waals surface area contributed by atoms with Crippen molar-refractivity contribution in [2.45, 2.75) is 20.4 Å². The van der Waals surface area contributed by atoms with E-state index in [1.807, 2.05) is 26.0 Å². The van der Waals surface area contributed by atoms with E-state index in [9.17, 15) is 13.2 Å². The molecule has 174 valence electrons. The molecule has 3 aromatic carbocycles. The largest absolute Gasteiger partial charge is 0.497 e. The minimum atomic E-state index is -3.49.